The molecule has 2 aromatic rings. The number of ether oxygens (including phenoxy) is 5. The number of hydrogen-bond acceptors (Lipinski definition) is 14. The molecule has 0 bridgehead atoms. The number of rotatable bonds is 10. The normalized spacial score (nSPS) is 22.7. The van der Waals surface area contributed by atoms with Crippen molar-refractivity contribution in [3.05, 3.63) is 36.2 Å². The molecule has 0 saturated carbocycles. The molecule has 1 aliphatic heterocycles. The number of esters is 4. The molecule has 1 aliphatic rings. The Hall–Kier alpha value is -3.54. The number of carbonyl (C=O) groups is 4. The lowest BCUT2D eigenvalue weighted by Gasteiger charge is -2.44. The predicted octanol–water partition coefficient (Wildman–Crippen LogP) is 0.231. The maximum atomic E-state index is 12.0. The van der Waals surface area contributed by atoms with E-state index in [1.54, 1.807) is 6.20 Å². The summed E-state index contributed by atoms with van der Waals surface area (Å²) in [6.07, 6.45) is -3.20. The number of primary sulfonamides is 1. The second kappa shape index (κ2) is 13.2. The van der Waals surface area contributed by atoms with Crippen molar-refractivity contribution in [2.75, 3.05) is 6.61 Å². The van der Waals surface area contributed by atoms with Gasteiger partial charge in [0.2, 0.25) is 10.0 Å². The zero-order chi connectivity index (χ0) is 29.6. The Labute approximate surface area is 233 Å². The zero-order valence-corrected chi connectivity index (χ0v) is 23.5. The van der Waals surface area contributed by atoms with E-state index in [9.17, 15) is 27.6 Å². The molecule has 5 atom stereocenters. The number of benzene rings is 1. The van der Waals surface area contributed by atoms with E-state index >= 15 is 0 Å². The van der Waals surface area contributed by atoms with Crippen LogP contribution in [0.2, 0.25) is 0 Å². The van der Waals surface area contributed by atoms with Crippen LogP contribution in [-0.4, -0.2) is 83.7 Å². The summed E-state index contributed by atoms with van der Waals surface area (Å²) in [5, 5.41) is 13.3. The first-order chi connectivity index (χ1) is 18.7. The number of nitrogens with zero attached hydrogens (tertiary/aromatic N) is 3. The Balaban J connectivity index is 1.84. The van der Waals surface area contributed by atoms with Crippen LogP contribution in [0.3, 0.4) is 0 Å². The molecule has 0 radical (unpaired) electrons. The summed E-state index contributed by atoms with van der Waals surface area (Å²) in [7, 11) is -3.85. The van der Waals surface area contributed by atoms with E-state index in [0.29, 0.717) is 11.4 Å². The second-order valence-corrected chi connectivity index (χ2v) is 11.2. The minimum atomic E-state index is -3.85. The van der Waals surface area contributed by atoms with E-state index in [4.69, 9.17) is 28.8 Å². The molecule has 0 aliphatic carbocycles. The van der Waals surface area contributed by atoms with Gasteiger partial charge in [-0.1, -0.05) is 5.21 Å². The van der Waals surface area contributed by atoms with Crippen molar-refractivity contribution < 1.29 is 51.3 Å². The van der Waals surface area contributed by atoms with E-state index < -0.39 is 63.8 Å². The van der Waals surface area contributed by atoms with Crippen LogP contribution in [0, 0.1) is 0 Å². The number of thioether (sulfide) groups is 1. The largest absolute Gasteiger partial charge is 0.463 e. The van der Waals surface area contributed by atoms with Gasteiger partial charge in [-0.05, 0) is 24.3 Å². The number of aromatic nitrogens is 3. The molecule has 15 nitrogen and oxygen atoms in total. The molecule has 2 N–H and O–H groups in total. The Morgan fingerprint density at radius 1 is 0.925 bits per heavy atom. The molecule has 1 aromatic heterocycles. The zero-order valence-electron chi connectivity index (χ0n) is 21.9. The van der Waals surface area contributed by atoms with E-state index in [0.717, 1.165) is 32.5 Å². The minimum Gasteiger partial charge on any atom is -0.463 e. The minimum absolute atomic E-state index is 0.0594. The fourth-order valence-corrected chi connectivity index (χ4v) is 5.37. The molecule has 218 valence electrons. The lowest BCUT2D eigenvalue weighted by atomic mass is 9.99. The van der Waals surface area contributed by atoms with Crippen molar-refractivity contribution >= 4 is 45.7 Å². The van der Waals surface area contributed by atoms with Crippen LogP contribution < -0.4 is 5.14 Å². The Bertz CT molecular complexity index is 1350. The van der Waals surface area contributed by atoms with Gasteiger partial charge in [0.25, 0.3) is 0 Å². The van der Waals surface area contributed by atoms with Gasteiger partial charge in [-0.15, -0.1) is 16.9 Å². The molecular formula is C23H28N4O11S2. The third kappa shape index (κ3) is 8.48. The lowest BCUT2D eigenvalue weighted by molar-refractivity contribution is -0.237. The molecule has 17 heteroatoms. The number of carbonyl (C=O) groups excluding carboxylic acids is 4. The van der Waals surface area contributed by atoms with Crippen LogP contribution in [0.15, 0.2) is 35.4 Å². The summed E-state index contributed by atoms with van der Waals surface area (Å²) < 4.78 is 51.7. The van der Waals surface area contributed by atoms with Crippen molar-refractivity contribution in [3.63, 3.8) is 0 Å². The van der Waals surface area contributed by atoms with Crippen LogP contribution in [0.25, 0.3) is 5.69 Å². The average molecular weight is 601 g/mol. The fraction of sp³-hybridized carbons (Fsp3) is 0.478. The van der Waals surface area contributed by atoms with Crippen LogP contribution in [0.4, 0.5) is 0 Å². The topological polar surface area (TPSA) is 205 Å². The summed E-state index contributed by atoms with van der Waals surface area (Å²) in [5.74, 6) is -2.60. The van der Waals surface area contributed by atoms with Crippen molar-refractivity contribution in [3.8, 4) is 5.69 Å². The highest BCUT2D eigenvalue weighted by Gasteiger charge is 2.52. The van der Waals surface area contributed by atoms with Crippen LogP contribution in [0.5, 0.6) is 0 Å². The highest BCUT2D eigenvalue weighted by Crippen LogP contribution is 2.35. The van der Waals surface area contributed by atoms with Gasteiger partial charge in [-0.25, -0.2) is 18.2 Å². The first kappa shape index (κ1) is 31.0. The molecule has 1 saturated heterocycles. The van der Waals surface area contributed by atoms with Gasteiger partial charge in [0.05, 0.1) is 22.5 Å². The highest BCUT2D eigenvalue weighted by molar-refractivity contribution is 7.99. The highest BCUT2D eigenvalue weighted by atomic mass is 32.2. The summed E-state index contributed by atoms with van der Waals surface area (Å²) in [4.78, 5) is 47.2. The van der Waals surface area contributed by atoms with E-state index in [1.807, 2.05) is 0 Å². The number of nitrogens with two attached hydrogens (primary N) is 1. The maximum Gasteiger partial charge on any atom is 0.303 e. The van der Waals surface area contributed by atoms with Crippen LogP contribution in [0.1, 0.15) is 33.4 Å². The Morgan fingerprint density at radius 2 is 1.50 bits per heavy atom. The Morgan fingerprint density at radius 3 is 2.05 bits per heavy atom. The average Bonchev–Trinajstić information content (AvgIpc) is 3.32. The van der Waals surface area contributed by atoms with E-state index in [2.05, 4.69) is 10.3 Å². The predicted molar refractivity (Wildman–Crippen MR) is 136 cm³/mol. The standard InChI is InChI=1S/C23H28N4O11S2/c1-12(28)34-10-19-20(35-13(2)29)21(36-14(3)30)22(37-15(4)31)23(38-19)39-11-16-9-27(26-25-16)17-5-7-18(8-6-17)40(24,32)33/h5-9,19-23H,10-11H2,1-4H3,(H2,24,32,33)/t19-,20+,21+,22-,23?/m0/s1. The van der Waals surface area contributed by atoms with Crippen molar-refractivity contribution in [1.82, 2.24) is 15.0 Å². The molecular weight excluding hydrogens is 572 g/mol. The smallest absolute Gasteiger partial charge is 0.303 e. The molecule has 0 spiro atoms. The first-order valence-corrected chi connectivity index (χ1v) is 14.3. The molecule has 1 fully saturated rings. The van der Waals surface area contributed by atoms with Crippen molar-refractivity contribution in [2.45, 2.75) is 68.2 Å². The SMILES string of the molecule is CC(=O)OC[C@@H]1OC(SCc2cn(-c3ccc(S(N)(=O)=O)cc3)nn2)[C@@H](OC(C)=O)[C@H](OC(C)=O)[C@@H]1OC(C)=O. The second-order valence-electron chi connectivity index (χ2n) is 8.57. The van der Waals surface area contributed by atoms with Gasteiger partial charge < -0.3 is 23.7 Å². The number of sulfonamides is 1. The van der Waals surface area contributed by atoms with Crippen LogP contribution in [-0.2, 0) is 58.6 Å². The molecule has 1 unspecified atom stereocenters. The third-order valence-corrected chi connectivity index (χ3v) is 7.41. The lowest BCUT2D eigenvalue weighted by Crippen LogP contribution is -2.61. The van der Waals surface area contributed by atoms with Gasteiger partial charge in [0.1, 0.15) is 18.1 Å². The van der Waals surface area contributed by atoms with Crippen LogP contribution >= 0.6 is 11.8 Å². The van der Waals surface area contributed by atoms with Gasteiger partial charge in [-0.2, -0.15) is 0 Å². The number of hydrogen-bond donors (Lipinski definition) is 1. The van der Waals surface area contributed by atoms with Gasteiger partial charge in [0, 0.05) is 33.4 Å². The van der Waals surface area contributed by atoms with Gasteiger partial charge in [0.15, 0.2) is 18.3 Å². The van der Waals surface area contributed by atoms with Gasteiger partial charge >= 0.3 is 23.9 Å². The Kier molecular flexibility index (Phi) is 10.2. The van der Waals surface area contributed by atoms with E-state index in [1.165, 1.54) is 35.9 Å². The fourth-order valence-electron chi connectivity index (χ4n) is 3.77. The van der Waals surface area contributed by atoms with E-state index in [-0.39, 0.29) is 17.3 Å². The molecule has 2 heterocycles. The molecule has 3 rings (SSSR count). The summed E-state index contributed by atoms with van der Waals surface area (Å²) in [5.41, 5.74) is 0.0108. The molecule has 0 amide bonds. The quantitative estimate of drug-likeness (QED) is 0.286. The molecule has 40 heavy (non-hydrogen) atoms. The summed E-state index contributed by atoms with van der Waals surface area (Å²) >= 11 is 1.12. The van der Waals surface area contributed by atoms with Gasteiger partial charge in [-0.3, -0.25) is 19.2 Å². The monoisotopic (exact) mass is 600 g/mol. The maximum absolute atomic E-state index is 12.0. The first-order valence-electron chi connectivity index (χ1n) is 11.7. The van der Waals surface area contributed by atoms with Crippen molar-refractivity contribution in [2.24, 2.45) is 5.14 Å². The van der Waals surface area contributed by atoms with Crippen molar-refractivity contribution in [1.29, 1.82) is 0 Å². The molecule has 1 aromatic carbocycles. The third-order valence-electron chi connectivity index (χ3n) is 5.31. The summed E-state index contributed by atoms with van der Waals surface area (Å²) in [6.45, 7) is 4.29. The summed E-state index contributed by atoms with van der Waals surface area (Å²) in [6, 6.07) is 5.67.